The van der Waals surface area contributed by atoms with Crippen LogP contribution >= 0.6 is 11.3 Å². The maximum atomic E-state index is 12.3. The molecule has 1 saturated heterocycles. The van der Waals surface area contributed by atoms with Crippen LogP contribution in [-0.4, -0.2) is 50.9 Å². The summed E-state index contributed by atoms with van der Waals surface area (Å²) >= 11 is 1.27. The topological polar surface area (TPSA) is 95.6 Å². The number of carbonyl (C=O) groups excluding carboxylic acids is 2. The monoisotopic (exact) mass is 345 g/mol. The summed E-state index contributed by atoms with van der Waals surface area (Å²) in [4.78, 5) is 24.0. The van der Waals surface area contributed by atoms with Crippen LogP contribution in [0.4, 0.5) is 5.00 Å². The molecule has 0 spiro atoms. The van der Waals surface area contributed by atoms with Crippen molar-refractivity contribution in [1.29, 1.82) is 0 Å². The Labute approximate surface area is 133 Å². The largest absolute Gasteiger partial charge is 0.355 e. The Morgan fingerprint density at radius 3 is 2.77 bits per heavy atom. The van der Waals surface area contributed by atoms with Gasteiger partial charge >= 0.3 is 0 Å². The maximum Gasteiger partial charge on any atom is 0.254 e. The first kappa shape index (κ1) is 16.9. The fraction of sp³-hybridized carbons (Fsp3) is 0.538. The average molecular weight is 345 g/mol. The van der Waals surface area contributed by atoms with Crippen LogP contribution in [0.1, 0.15) is 23.2 Å². The quantitative estimate of drug-likeness (QED) is 0.840. The van der Waals surface area contributed by atoms with Crippen molar-refractivity contribution >= 4 is 38.2 Å². The van der Waals surface area contributed by atoms with E-state index in [-0.39, 0.29) is 18.4 Å². The normalized spacial score (nSPS) is 19.6. The van der Waals surface area contributed by atoms with Gasteiger partial charge in [-0.15, -0.1) is 11.3 Å². The number of hydrogen-bond donors (Lipinski definition) is 2. The second kappa shape index (κ2) is 6.76. The molecule has 22 heavy (non-hydrogen) atoms. The van der Waals surface area contributed by atoms with E-state index in [1.54, 1.807) is 11.4 Å². The van der Waals surface area contributed by atoms with E-state index in [0.29, 0.717) is 30.0 Å². The molecule has 1 fully saturated rings. The lowest BCUT2D eigenvalue weighted by Crippen LogP contribution is -2.43. The van der Waals surface area contributed by atoms with Crippen LogP contribution in [0.5, 0.6) is 0 Å². The number of hydrogen-bond acceptors (Lipinski definition) is 5. The molecule has 2 N–H and O–H groups in total. The summed E-state index contributed by atoms with van der Waals surface area (Å²) in [5.41, 5.74) is 0.414. The highest BCUT2D eigenvalue weighted by molar-refractivity contribution is 7.88. The van der Waals surface area contributed by atoms with Crippen molar-refractivity contribution in [3.05, 3.63) is 17.0 Å². The van der Waals surface area contributed by atoms with Crippen LogP contribution in [0, 0.1) is 5.92 Å². The molecule has 2 amide bonds. The van der Waals surface area contributed by atoms with E-state index in [1.165, 1.54) is 22.7 Å². The molecule has 0 aliphatic carbocycles. The number of rotatable bonds is 4. The van der Waals surface area contributed by atoms with Gasteiger partial charge in [-0.1, -0.05) is 0 Å². The molecule has 1 aliphatic heterocycles. The molecular formula is C13H19N3O4S2. The standard InChI is InChI=1S/C13H19N3O4S2/c1-14-12(18)10-5-7-21-13(10)15-11(17)9-4-3-6-16(8-9)22(2,19)20/h5,7,9H,3-4,6,8H2,1-2H3,(H,14,18)(H,15,17). The predicted octanol–water partition coefficient (Wildman–Crippen LogP) is 0.718. The van der Waals surface area contributed by atoms with Crippen LogP contribution in [-0.2, 0) is 14.8 Å². The zero-order chi connectivity index (χ0) is 16.3. The van der Waals surface area contributed by atoms with Crippen molar-refractivity contribution in [2.45, 2.75) is 12.8 Å². The van der Waals surface area contributed by atoms with E-state index in [0.717, 1.165) is 6.26 Å². The number of thiophene rings is 1. The fourth-order valence-electron chi connectivity index (χ4n) is 2.39. The molecule has 0 radical (unpaired) electrons. The molecule has 7 nitrogen and oxygen atoms in total. The van der Waals surface area contributed by atoms with E-state index in [1.807, 2.05) is 0 Å². The molecule has 122 valence electrons. The van der Waals surface area contributed by atoms with Crippen LogP contribution < -0.4 is 10.6 Å². The van der Waals surface area contributed by atoms with Gasteiger partial charge in [-0.2, -0.15) is 0 Å². The lowest BCUT2D eigenvalue weighted by Gasteiger charge is -2.30. The minimum absolute atomic E-state index is 0.186. The summed E-state index contributed by atoms with van der Waals surface area (Å²) in [5, 5.41) is 7.47. The van der Waals surface area contributed by atoms with Crippen LogP contribution in [0.15, 0.2) is 11.4 Å². The summed E-state index contributed by atoms with van der Waals surface area (Å²) in [7, 11) is -1.76. The minimum Gasteiger partial charge on any atom is -0.355 e. The summed E-state index contributed by atoms with van der Waals surface area (Å²) < 4.78 is 24.5. The first-order valence-electron chi connectivity index (χ1n) is 6.88. The molecule has 1 unspecified atom stereocenters. The number of anilines is 1. The van der Waals surface area contributed by atoms with E-state index >= 15 is 0 Å². The molecule has 0 saturated carbocycles. The Morgan fingerprint density at radius 2 is 2.14 bits per heavy atom. The number of piperidine rings is 1. The van der Waals surface area contributed by atoms with E-state index in [4.69, 9.17) is 0 Å². The molecular weight excluding hydrogens is 326 g/mol. The Balaban J connectivity index is 2.06. The van der Waals surface area contributed by atoms with Gasteiger partial charge in [0.1, 0.15) is 5.00 Å². The number of nitrogens with zero attached hydrogens (tertiary/aromatic N) is 1. The third kappa shape index (κ3) is 3.84. The number of amides is 2. The highest BCUT2D eigenvalue weighted by Gasteiger charge is 2.30. The zero-order valence-corrected chi connectivity index (χ0v) is 14.1. The van der Waals surface area contributed by atoms with Gasteiger partial charge in [-0.25, -0.2) is 12.7 Å². The van der Waals surface area contributed by atoms with Gasteiger partial charge in [0.05, 0.1) is 17.7 Å². The van der Waals surface area contributed by atoms with Gasteiger partial charge in [0.2, 0.25) is 15.9 Å². The highest BCUT2D eigenvalue weighted by Crippen LogP contribution is 2.26. The highest BCUT2D eigenvalue weighted by atomic mass is 32.2. The van der Waals surface area contributed by atoms with Gasteiger partial charge in [-0.3, -0.25) is 9.59 Å². The molecule has 1 aliphatic rings. The number of carbonyl (C=O) groups is 2. The molecule has 2 heterocycles. The lowest BCUT2D eigenvalue weighted by molar-refractivity contribution is -0.120. The molecule has 2 rings (SSSR count). The third-order valence-electron chi connectivity index (χ3n) is 3.60. The van der Waals surface area contributed by atoms with Crippen molar-refractivity contribution < 1.29 is 18.0 Å². The first-order chi connectivity index (χ1) is 10.3. The molecule has 1 aromatic heterocycles. The van der Waals surface area contributed by atoms with Crippen molar-refractivity contribution in [2.75, 3.05) is 31.7 Å². The number of sulfonamides is 1. The molecule has 1 atom stereocenters. The Morgan fingerprint density at radius 1 is 1.41 bits per heavy atom. The van der Waals surface area contributed by atoms with Crippen molar-refractivity contribution in [3.63, 3.8) is 0 Å². The van der Waals surface area contributed by atoms with E-state index in [9.17, 15) is 18.0 Å². The SMILES string of the molecule is CNC(=O)c1ccsc1NC(=O)C1CCCN(S(C)(=O)=O)C1. The van der Waals surface area contributed by atoms with Gasteiger partial charge in [-0.05, 0) is 24.3 Å². The predicted molar refractivity (Wildman–Crippen MR) is 85.5 cm³/mol. The van der Waals surface area contributed by atoms with Crippen LogP contribution in [0.3, 0.4) is 0 Å². The Kier molecular flexibility index (Phi) is 5.20. The second-order valence-electron chi connectivity index (χ2n) is 5.19. The molecule has 0 aromatic carbocycles. The summed E-state index contributed by atoms with van der Waals surface area (Å²) in [5.74, 6) is -0.915. The van der Waals surface area contributed by atoms with Gasteiger partial charge in [0.25, 0.3) is 5.91 Å². The van der Waals surface area contributed by atoms with E-state index in [2.05, 4.69) is 10.6 Å². The zero-order valence-electron chi connectivity index (χ0n) is 12.5. The Hall–Kier alpha value is -1.45. The van der Waals surface area contributed by atoms with E-state index < -0.39 is 15.9 Å². The van der Waals surface area contributed by atoms with Crippen molar-refractivity contribution in [2.24, 2.45) is 5.92 Å². The summed E-state index contributed by atoms with van der Waals surface area (Å²) in [6.07, 6.45) is 2.44. The van der Waals surface area contributed by atoms with Crippen LogP contribution in [0.2, 0.25) is 0 Å². The summed E-state index contributed by atoms with van der Waals surface area (Å²) in [6, 6.07) is 1.64. The van der Waals surface area contributed by atoms with Crippen LogP contribution in [0.25, 0.3) is 0 Å². The Bertz CT molecular complexity index is 669. The summed E-state index contributed by atoms with van der Waals surface area (Å²) in [6.45, 7) is 0.635. The van der Waals surface area contributed by atoms with Gasteiger partial charge in [0, 0.05) is 20.1 Å². The van der Waals surface area contributed by atoms with Gasteiger partial charge < -0.3 is 10.6 Å². The van der Waals surface area contributed by atoms with Gasteiger partial charge in [0.15, 0.2) is 0 Å². The number of nitrogens with one attached hydrogen (secondary N) is 2. The van der Waals surface area contributed by atoms with Crippen molar-refractivity contribution in [1.82, 2.24) is 9.62 Å². The lowest BCUT2D eigenvalue weighted by atomic mass is 9.99. The minimum atomic E-state index is -3.29. The average Bonchev–Trinajstić information content (AvgIpc) is 2.93. The molecule has 0 bridgehead atoms. The molecule has 1 aromatic rings. The first-order valence-corrected chi connectivity index (χ1v) is 9.61. The fourth-order valence-corrected chi connectivity index (χ4v) is 4.09. The third-order valence-corrected chi connectivity index (χ3v) is 5.70. The second-order valence-corrected chi connectivity index (χ2v) is 8.09. The van der Waals surface area contributed by atoms with Crippen molar-refractivity contribution in [3.8, 4) is 0 Å². The molecule has 9 heteroatoms. The maximum absolute atomic E-state index is 12.3. The smallest absolute Gasteiger partial charge is 0.254 e.